The van der Waals surface area contributed by atoms with Crippen molar-refractivity contribution in [1.29, 1.82) is 0 Å². The molecule has 0 aliphatic carbocycles. The van der Waals surface area contributed by atoms with Crippen LogP contribution in [0.1, 0.15) is 35.2 Å². The van der Waals surface area contributed by atoms with Gasteiger partial charge in [-0.25, -0.2) is 4.39 Å². The van der Waals surface area contributed by atoms with Crippen LogP contribution in [0.3, 0.4) is 0 Å². The summed E-state index contributed by atoms with van der Waals surface area (Å²) in [7, 11) is 0. The van der Waals surface area contributed by atoms with Gasteiger partial charge in [-0.2, -0.15) is 0 Å². The van der Waals surface area contributed by atoms with Crippen LogP contribution in [-0.4, -0.2) is 6.54 Å². The molecule has 112 valence electrons. The summed E-state index contributed by atoms with van der Waals surface area (Å²) in [5.74, 6) is -0.331. The van der Waals surface area contributed by atoms with Crippen LogP contribution in [0.4, 0.5) is 4.39 Å². The van der Waals surface area contributed by atoms with Gasteiger partial charge < -0.3 is 5.32 Å². The molecule has 1 atom stereocenters. The minimum atomic E-state index is -0.365. The van der Waals surface area contributed by atoms with Crippen molar-refractivity contribution in [3.63, 3.8) is 0 Å². The third kappa shape index (κ3) is 3.39. The van der Waals surface area contributed by atoms with Crippen molar-refractivity contribution in [2.75, 3.05) is 6.54 Å². The standard InChI is InChI=1S/C17H18Cl2FN/c1-4-21-17(16-13(18)6-5-7-15(16)20)12-8-10(2)11(3)9-14(12)19/h5-9,17,21H,4H2,1-3H3. The zero-order valence-electron chi connectivity index (χ0n) is 12.3. The van der Waals surface area contributed by atoms with Crippen molar-refractivity contribution in [2.45, 2.75) is 26.8 Å². The maximum absolute atomic E-state index is 14.3. The van der Waals surface area contributed by atoms with Gasteiger partial charge in [-0.05, 0) is 55.3 Å². The van der Waals surface area contributed by atoms with E-state index in [2.05, 4.69) is 5.32 Å². The smallest absolute Gasteiger partial charge is 0.129 e. The van der Waals surface area contributed by atoms with Crippen molar-refractivity contribution in [3.8, 4) is 0 Å². The maximum atomic E-state index is 14.3. The van der Waals surface area contributed by atoms with E-state index in [-0.39, 0.29) is 11.9 Å². The van der Waals surface area contributed by atoms with Crippen molar-refractivity contribution in [2.24, 2.45) is 0 Å². The van der Waals surface area contributed by atoms with Crippen LogP contribution in [-0.2, 0) is 0 Å². The molecule has 0 bridgehead atoms. The van der Waals surface area contributed by atoms with E-state index in [1.54, 1.807) is 12.1 Å². The number of rotatable bonds is 4. The van der Waals surface area contributed by atoms with E-state index < -0.39 is 0 Å². The Kier molecular flexibility index (Phi) is 5.26. The second kappa shape index (κ2) is 6.78. The second-order valence-corrected chi connectivity index (χ2v) is 5.90. The van der Waals surface area contributed by atoms with Gasteiger partial charge in [-0.15, -0.1) is 0 Å². The SMILES string of the molecule is CCNC(c1cc(C)c(C)cc1Cl)c1c(F)cccc1Cl. The first-order chi connectivity index (χ1) is 9.95. The summed E-state index contributed by atoms with van der Waals surface area (Å²) in [5.41, 5.74) is 3.50. The first-order valence-corrected chi connectivity index (χ1v) is 7.65. The van der Waals surface area contributed by atoms with Crippen LogP contribution < -0.4 is 5.32 Å². The zero-order chi connectivity index (χ0) is 15.6. The number of nitrogens with one attached hydrogen (secondary N) is 1. The summed E-state index contributed by atoms with van der Waals surface area (Å²) < 4.78 is 14.3. The summed E-state index contributed by atoms with van der Waals surface area (Å²) in [6, 6.07) is 8.25. The number of halogens is 3. The van der Waals surface area contributed by atoms with Crippen LogP contribution in [0.5, 0.6) is 0 Å². The lowest BCUT2D eigenvalue weighted by Crippen LogP contribution is -2.24. The number of hydrogen-bond acceptors (Lipinski definition) is 1. The Morgan fingerprint density at radius 1 is 1.10 bits per heavy atom. The predicted molar refractivity (Wildman–Crippen MR) is 87.9 cm³/mol. The molecule has 21 heavy (non-hydrogen) atoms. The van der Waals surface area contributed by atoms with E-state index in [1.807, 2.05) is 32.9 Å². The molecule has 0 heterocycles. The van der Waals surface area contributed by atoms with Gasteiger partial charge >= 0.3 is 0 Å². The molecule has 0 aliphatic rings. The summed E-state index contributed by atoms with van der Waals surface area (Å²) in [5, 5.41) is 4.29. The fraction of sp³-hybridized carbons (Fsp3) is 0.294. The molecule has 0 saturated heterocycles. The van der Waals surface area contributed by atoms with Crippen molar-refractivity contribution < 1.29 is 4.39 Å². The topological polar surface area (TPSA) is 12.0 Å². The molecule has 1 unspecified atom stereocenters. The van der Waals surface area contributed by atoms with Crippen LogP contribution in [0.15, 0.2) is 30.3 Å². The highest BCUT2D eigenvalue weighted by molar-refractivity contribution is 6.32. The summed E-state index contributed by atoms with van der Waals surface area (Å²) in [6.45, 7) is 6.67. The second-order valence-electron chi connectivity index (χ2n) is 5.08. The fourth-order valence-corrected chi connectivity index (χ4v) is 2.98. The summed E-state index contributed by atoms with van der Waals surface area (Å²) in [4.78, 5) is 0. The van der Waals surface area contributed by atoms with Crippen LogP contribution in [0.25, 0.3) is 0 Å². The Hall–Kier alpha value is -1.09. The molecule has 0 saturated carbocycles. The van der Waals surface area contributed by atoms with Gasteiger partial charge in [0, 0.05) is 15.6 Å². The highest BCUT2D eigenvalue weighted by atomic mass is 35.5. The molecule has 0 radical (unpaired) electrons. The first kappa shape index (κ1) is 16.3. The summed E-state index contributed by atoms with van der Waals surface area (Å²) >= 11 is 12.6. The van der Waals surface area contributed by atoms with Crippen molar-refractivity contribution >= 4 is 23.2 Å². The minimum absolute atomic E-state index is 0.331. The Balaban J connectivity index is 2.62. The van der Waals surface area contributed by atoms with Crippen molar-refractivity contribution in [1.82, 2.24) is 5.32 Å². The molecule has 0 fully saturated rings. The molecule has 1 N–H and O–H groups in total. The third-order valence-electron chi connectivity index (χ3n) is 3.62. The Morgan fingerprint density at radius 3 is 2.38 bits per heavy atom. The van der Waals surface area contributed by atoms with Gasteiger partial charge in [0.1, 0.15) is 5.82 Å². The molecule has 2 aromatic carbocycles. The lowest BCUT2D eigenvalue weighted by atomic mass is 9.95. The highest BCUT2D eigenvalue weighted by Gasteiger charge is 2.22. The van der Waals surface area contributed by atoms with Crippen LogP contribution >= 0.6 is 23.2 Å². The molecule has 0 amide bonds. The summed E-state index contributed by atoms with van der Waals surface area (Å²) in [6.07, 6.45) is 0. The minimum Gasteiger partial charge on any atom is -0.306 e. The Bertz CT molecular complexity index is 635. The van der Waals surface area contributed by atoms with Gasteiger partial charge in [0.05, 0.1) is 6.04 Å². The maximum Gasteiger partial charge on any atom is 0.129 e. The number of benzene rings is 2. The van der Waals surface area contributed by atoms with Crippen molar-refractivity contribution in [3.05, 3.63) is 68.4 Å². The molecular formula is C17H18Cl2FN. The van der Waals surface area contributed by atoms with E-state index in [0.29, 0.717) is 22.2 Å². The molecule has 0 spiro atoms. The average Bonchev–Trinajstić information content (AvgIpc) is 2.42. The lowest BCUT2D eigenvalue weighted by molar-refractivity contribution is 0.559. The Labute approximate surface area is 135 Å². The molecule has 2 aromatic rings. The van der Waals surface area contributed by atoms with E-state index in [0.717, 1.165) is 16.7 Å². The van der Waals surface area contributed by atoms with Gasteiger partial charge in [0.2, 0.25) is 0 Å². The number of hydrogen-bond donors (Lipinski definition) is 1. The monoisotopic (exact) mass is 325 g/mol. The lowest BCUT2D eigenvalue weighted by Gasteiger charge is -2.23. The molecule has 0 aliphatic heterocycles. The van der Waals surface area contributed by atoms with Crippen LogP contribution in [0, 0.1) is 19.7 Å². The molecule has 4 heteroatoms. The fourth-order valence-electron chi connectivity index (χ4n) is 2.38. The number of aryl methyl sites for hydroxylation is 2. The van der Waals surface area contributed by atoms with E-state index in [1.165, 1.54) is 6.07 Å². The highest BCUT2D eigenvalue weighted by Crippen LogP contribution is 2.35. The van der Waals surface area contributed by atoms with Gasteiger partial charge in [0.25, 0.3) is 0 Å². The average molecular weight is 326 g/mol. The van der Waals surface area contributed by atoms with E-state index in [4.69, 9.17) is 23.2 Å². The van der Waals surface area contributed by atoms with E-state index in [9.17, 15) is 4.39 Å². The molecule has 2 rings (SSSR count). The van der Waals surface area contributed by atoms with Gasteiger partial charge in [-0.3, -0.25) is 0 Å². The normalized spacial score (nSPS) is 12.5. The van der Waals surface area contributed by atoms with Crippen LogP contribution in [0.2, 0.25) is 10.0 Å². The predicted octanol–water partition coefficient (Wildman–Crippen LogP) is 5.45. The van der Waals surface area contributed by atoms with E-state index >= 15 is 0 Å². The van der Waals surface area contributed by atoms with Gasteiger partial charge in [0.15, 0.2) is 0 Å². The first-order valence-electron chi connectivity index (χ1n) is 6.89. The molecule has 1 nitrogen and oxygen atoms in total. The van der Waals surface area contributed by atoms with Gasteiger partial charge in [-0.1, -0.05) is 42.3 Å². The zero-order valence-corrected chi connectivity index (χ0v) is 13.8. The quantitative estimate of drug-likeness (QED) is 0.788. The molecular weight excluding hydrogens is 308 g/mol. The Morgan fingerprint density at radius 2 is 1.76 bits per heavy atom. The molecule has 0 aromatic heterocycles. The largest absolute Gasteiger partial charge is 0.306 e. The third-order valence-corrected chi connectivity index (χ3v) is 4.28.